The second kappa shape index (κ2) is 5.97. The van der Waals surface area contributed by atoms with Gasteiger partial charge in [-0.2, -0.15) is 0 Å². The van der Waals surface area contributed by atoms with Gasteiger partial charge in [0, 0.05) is 0 Å². The zero-order chi connectivity index (χ0) is 15.5. The molecule has 1 atom stereocenters. The van der Waals surface area contributed by atoms with Crippen molar-refractivity contribution in [1.82, 2.24) is 5.32 Å². The van der Waals surface area contributed by atoms with Crippen molar-refractivity contribution in [2.24, 2.45) is 0 Å². The number of hydrogen-bond donors (Lipinski definition) is 3. The lowest BCUT2D eigenvalue weighted by Crippen LogP contribution is -2.40. The second-order valence-electron chi connectivity index (χ2n) is 4.97. The molecule has 2 rings (SSSR count). The van der Waals surface area contributed by atoms with Crippen LogP contribution in [0.15, 0.2) is 40.8 Å². The van der Waals surface area contributed by atoms with Crippen molar-refractivity contribution in [1.29, 1.82) is 0 Å². The fraction of sp³-hybridized carbons (Fsp3) is 0.267. The first kappa shape index (κ1) is 15.1. The van der Waals surface area contributed by atoms with E-state index in [0.29, 0.717) is 11.5 Å². The average molecular weight is 292 g/mol. The van der Waals surface area contributed by atoms with Crippen LogP contribution in [0.25, 0.3) is 0 Å². The molecule has 6 heteroatoms. The van der Waals surface area contributed by atoms with E-state index < -0.39 is 17.4 Å². The first-order chi connectivity index (χ1) is 9.88. The molecular weight excluding hydrogens is 275 g/mol. The molecule has 0 spiro atoms. The van der Waals surface area contributed by atoms with Gasteiger partial charge in [0.15, 0.2) is 0 Å². The Kier molecular flexibility index (Phi) is 4.28. The Morgan fingerprint density at radius 3 is 2.67 bits per heavy atom. The van der Waals surface area contributed by atoms with E-state index in [1.54, 1.807) is 25.1 Å². The first-order valence-corrected chi connectivity index (χ1v) is 6.47. The van der Waals surface area contributed by atoms with Crippen molar-refractivity contribution in [3.05, 3.63) is 53.7 Å². The van der Waals surface area contributed by atoms with Gasteiger partial charge in [0.2, 0.25) is 0 Å². The number of anilines is 1. The van der Waals surface area contributed by atoms with Crippen molar-refractivity contribution in [2.45, 2.75) is 19.4 Å². The van der Waals surface area contributed by atoms with Crippen LogP contribution >= 0.6 is 0 Å². The zero-order valence-corrected chi connectivity index (χ0v) is 11.8. The number of amides is 2. The van der Waals surface area contributed by atoms with Crippen LogP contribution < -0.4 is 10.6 Å². The van der Waals surface area contributed by atoms with E-state index in [2.05, 4.69) is 10.6 Å². The molecule has 0 aliphatic carbocycles. The van der Waals surface area contributed by atoms with Crippen LogP contribution in [0.3, 0.4) is 0 Å². The Balaban J connectivity index is 1.93. The highest BCUT2D eigenvalue weighted by atomic mass is 19.1. The number of carbonyl (C=O) groups is 1. The monoisotopic (exact) mass is 292 g/mol. The normalized spacial score (nSPS) is 13.5. The first-order valence-electron chi connectivity index (χ1n) is 6.47. The van der Waals surface area contributed by atoms with Gasteiger partial charge in [-0.3, -0.25) is 0 Å². The van der Waals surface area contributed by atoms with Crippen molar-refractivity contribution in [2.75, 3.05) is 11.9 Å². The third kappa shape index (κ3) is 3.82. The molecule has 2 amide bonds. The van der Waals surface area contributed by atoms with Gasteiger partial charge in [-0.05, 0) is 38.1 Å². The van der Waals surface area contributed by atoms with Crippen molar-refractivity contribution in [3.8, 4) is 0 Å². The number of aryl methyl sites for hydroxylation is 1. The highest BCUT2D eigenvalue weighted by molar-refractivity contribution is 5.89. The molecule has 112 valence electrons. The summed E-state index contributed by atoms with van der Waals surface area (Å²) < 4.78 is 18.7. The summed E-state index contributed by atoms with van der Waals surface area (Å²) in [6, 6.07) is 8.60. The van der Waals surface area contributed by atoms with Crippen LogP contribution in [0.5, 0.6) is 0 Å². The maximum Gasteiger partial charge on any atom is 0.319 e. The highest BCUT2D eigenvalue weighted by Crippen LogP contribution is 2.22. The Morgan fingerprint density at radius 2 is 2.05 bits per heavy atom. The van der Waals surface area contributed by atoms with E-state index >= 15 is 0 Å². The lowest BCUT2D eigenvalue weighted by molar-refractivity contribution is 0.0364. The molecule has 0 radical (unpaired) electrons. The summed E-state index contributed by atoms with van der Waals surface area (Å²) in [5.74, 6) is 0.494. The van der Waals surface area contributed by atoms with Crippen molar-refractivity contribution < 1.29 is 18.7 Å². The molecule has 0 bridgehead atoms. The predicted octanol–water partition coefficient (Wildman–Crippen LogP) is 2.76. The molecule has 0 aliphatic heterocycles. The van der Waals surface area contributed by atoms with E-state index in [9.17, 15) is 14.3 Å². The number of aliphatic hydroxyl groups is 1. The number of urea groups is 1. The Bertz CT molecular complexity index is 637. The number of nitrogens with one attached hydrogen (secondary N) is 2. The summed E-state index contributed by atoms with van der Waals surface area (Å²) in [4.78, 5) is 11.7. The van der Waals surface area contributed by atoms with Gasteiger partial charge >= 0.3 is 6.03 Å². The number of carbonyl (C=O) groups excluding carboxylic acids is 1. The van der Waals surface area contributed by atoms with E-state index in [4.69, 9.17) is 4.42 Å². The van der Waals surface area contributed by atoms with Gasteiger partial charge in [0.1, 0.15) is 22.9 Å². The zero-order valence-electron chi connectivity index (χ0n) is 11.8. The SMILES string of the molecule is Cc1ccc(C(C)(O)CNC(=O)Nc2ccccc2F)o1. The summed E-state index contributed by atoms with van der Waals surface area (Å²) in [6.45, 7) is 3.22. The summed E-state index contributed by atoms with van der Waals surface area (Å²) in [6.07, 6.45) is 0. The topological polar surface area (TPSA) is 74.5 Å². The molecular formula is C15H17FN2O3. The molecule has 1 aromatic heterocycles. The minimum Gasteiger partial charge on any atom is -0.463 e. The number of benzene rings is 1. The number of halogens is 1. The quantitative estimate of drug-likeness (QED) is 0.811. The van der Waals surface area contributed by atoms with E-state index in [0.717, 1.165) is 0 Å². The lowest BCUT2D eigenvalue weighted by Gasteiger charge is -2.21. The van der Waals surface area contributed by atoms with Gasteiger partial charge in [0.05, 0.1) is 12.2 Å². The van der Waals surface area contributed by atoms with Crippen LogP contribution in [-0.4, -0.2) is 17.7 Å². The largest absolute Gasteiger partial charge is 0.463 e. The molecule has 5 nitrogen and oxygen atoms in total. The average Bonchev–Trinajstić information content (AvgIpc) is 2.87. The maximum atomic E-state index is 13.4. The fourth-order valence-corrected chi connectivity index (χ4v) is 1.79. The second-order valence-corrected chi connectivity index (χ2v) is 4.97. The van der Waals surface area contributed by atoms with Crippen LogP contribution in [-0.2, 0) is 5.60 Å². The van der Waals surface area contributed by atoms with Crippen LogP contribution in [0.1, 0.15) is 18.4 Å². The molecule has 21 heavy (non-hydrogen) atoms. The third-order valence-electron chi connectivity index (χ3n) is 2.99. The summed E-state index contributed by atoms with van der Waals surface area (Å²) in [5.41, 5.74) is -1.27. The molecule has 0 aliphatic rings. The molecule has 1 unspecified atom stereocenters. The van der Waals surface area contributed by atoms with Gasteiger partial charge in [-0.1, -0.05) is 12.1 Å². The van der Waals surface area contributed by atoms with Gasteiger partial charge in [-0.15, -0.1) is 0 Å². The summed E-state index contributed by atoms with van der Waals surface area (Å²) in [7, 11) is 0. The number of rotatable bonds is 4. The molecule has 0 saturated carbocycles. The minimum absolute atomic E-state index is 0.0692. The Labute approximate surface area is 121 Å². The van der Waals surface area contributed by atoms with Crippen LogP contribution in [0, 0.1) is 12.7 Å². The number of hydrogen-bond acceptors (Lipinski definition) is 3. The standard InChI is InChI=1S/C15H17FN2O3/c1-10-7-8-13(21-10)15(2,20)9-17-14(19)18-12-6-4-3-5-11(12)16/h3-8,20H,9H2,1-2H3,(H2,17,18,19). The highest BCUT2D eigenvalue weighted by Gasteiger charge is 2.27. The van der Waals surface area contributed by atoms with Crippen molar-refractivity contribution in [3.63, 3.8) is 0 Å². The van der Waals surface area contributed by atoms with E-state index in [1.807, 2.05) is 0 Å². The van der Waals surface area contributed by atoms with Gasteiger partial charge in [0.25, 0.3) is 0 Å². The smallest absolute Gasteiger partial charge is 0.319 e. The van der Waals surface area contributed by atoms with Crippen molar-refractivity contribution >= 4 is 11.7 Å². The Morgan fingerprint density at radius 1 is 1.33 bits per heavy atom. The Hall–Kier alpha value is -2.34. The predicted molar refractivity (Wildman–Crippen MR) is 76.4 cm³/mol. The lowest BCUT2D eigenvalue weighted by atomic mass is 10.0. The molecule has 1 heterocycles. The van der Waals surface area contributed by atoms with Gasteiger partial charge in [-0.25, -0.2) is 9.18 Å². The molecule has 0 fully saturated rings. The molecule has 2 aromatic rings. The van der Waals surface area contributed by atoms with Gasteiger partial charge < -0.3 is 20.2 Å². The van der Waals surface area contributed by atoms with E-state index in [1.165, 1.54) is 25.1 Å². The maximum absolute atomic E-state index is 13.4. The molecule has 1 aromatic carbocycles. The summed E-state index contributed by atoms with van der Waals surface area (Å²) in [5, 5.41) is 15.1. The van der Waals surface area contributed by atoms with Crippen LogP contribution in [0.4, 0.5) is 14.9 Å². The number of para-hydroxylation sites is 1. The van der Waals surface area contributed by atoms with Crippen LogP contribution in [0.2, 0.25) is 0 Å². The fourth-order valence-electron chi connectivity index (χ4n) is 1.79. The third-order valence-corrected chi connectivity index (χ3v) is 2.99. The molecule has 0 saturated heterocycles. The summed E-state index contributed by atoms with van der Waals surface area (Å²) >= 11 is 0. The molecule has 3 N–H and O–H groups in total. The minimum atomic E-state index is -1.35. The number of furan rings is 1. The van der Waals surface area contributed by atoms with E-state index in [-0.39, 0.29) is 12.2 Å².